The lowest BCUT2D eigenvalue weighted by Gasteiger charge is -2.27. The average molecular weight is 280 g/mol. The van der Waals surface area contributed by atoms with E-state index in [4.69, 9.17) is 9.84 Å². The van der Waals surface area contributed by atoms with Gasteiger partial charge in [0, 0.05) is 19.6 Å². The summed E-state index contributed by atoms with van der Waals surface area (Å²) in [6.07, 6.45) is 0. The van der Waals surface area contributed by atoms with Crippen LogP contribution >= 0.6 is 0 Å². The van der Waals surface area contributed by atoms with Gasteiger partial charge >= 0.3 is 5.97 Å². The molecule has 0 bridgehead atoms. The summed E-state index contributed by atoms with van der Waals surface area (Å²) < 4.78 is 32.5. The first-order chi connectivity index (χ1) is 8.34. The summed E-state index contributed by atoms with van der Waals surface area (Å²) in [7, 11) is -3.61. The Morgan fingerprint density at radius 3 is 2.39 bits per heavy atom. The molecule has 1 atom stereocenters. The highest BCUT2D eigenvalue weighted by molar-refractivity contribution is 7.87. The van der Waals surface area contributed by atoms with Gasteiger partial charge in [0.2, 0.25) is 0 Å². The maximum absolute atomic E-state index is 11.9. The highest BCUT2D eigenvalue weighted by atomic mass is 32.2. The monoisotopic (exact) mass is 280 g/mol. The summed E-state index contributed by atoms with van der Waals surface area (Å²) in [5.74, 6) is -1.84. The van der Waals surface area contributed by atoms with E-state index in [1.165, 1.54) is 4.31 Å². The molecule has 0 spiro atoms. The SMILES string of the molecule is CC(C)C(CNS(=O)(=O)N1CCOCC1)C(=O)O. The molecule has 1 aliphatic rings. The summed E-state index contributed by atoms with van der Waals surface area (Å²) in [4.78, 5) is 11.0. The molecule has 7 nitrogen and oxygen atoms in total. The number of nitrogens with one attached hydrogen (secondary N) is 1. The first-order valence-electron chi connectivity index (χ1n) is 5.90. The highest BCUT2D eigenvalue weighted by Gasteiger charge is 2.28. The maximum Gasteiger partial charge on any atom is 0.308 e. The number of morpholine rings is 1. The Labute approximate surface area is 107 Å². The third-order valence-corrected chi connectivity index (χ3v) is 4.49. The van der Waals surface area contributed by atoms with Crippen molar-refractivity contribution < 1.29 is 23.1 Å². The van der Waals surface area contributed by atoms with Crippen molar-refractivity contribution in [1.82, 2.24) is 9.03 Å². The van der Waals surface area contributed by atoms with E-state index in [0.29, 0.717) is 26.3 Å². The van der Waals surface area contributed by atoms with Gasteiger partial charge in [0.05, 0.1) is 19.1 Å². The molecule has 1 saturated heterocycles. The minimum absolute atomic E-state index is 0.0906. The molecule has 0 amide bonds. The second-order valence-corrected chi connectivity index (χ2v) is 6.31. The van der Waals surface area contributed by atoms with Crippen LogP contribution < -0.4 is 4.72 Å². The number of aliphatic carboxylic acids is 1. The van der Waals surface area contributed by atoms with Crippen LogP contribution in [0.1, 0.15) is 13.8 Å². The van der Waals surface area contributed by atoms with Crippen molar-refractivity contribution in [2.24, 2.45) is 11.8 Å². The fourth-order valence-corrected chi connectivity index (χ4v) is 2.88. The van der Waals surface area contributed by atoms with Crippen molar-refractivity contribution in [2.75, 3.05) is 32.8 Å². The number of nitrogens with zero attached hydrogens (tertiary/aromatic N) is 1. The lowest BCUT2D eigenvalue weighted by atomic mass is 9.97. The van der Waals surface area contributed by atoms with Crippen molar-refractivity contribution >= 4 is 16.2 Å². The maximum atomic E-state index is 11.9. The van der Waals surface area contributed by atoms with Gasteiger partial charge in [-0.25, -0.2) is 4.72 Å². The Morgan fingerprint density at radius 2 is 1.94 bits per heavy atom. The standard InChI is InChI=1S/C10H20N2O5S/c1-8(2)9(10(13)14)7-11-18(15,16)12-3-5-17-6-4-12/h8-9,11H,3-7H2,1-2H3,(H,13,14). The van der Waals surface area contributed by atoms with Gasteiger partial charge in [0.25, 0.3) is 10.2 Å². The van der Waals surface area contributed by atoms with Crippen LogP contribution in [0.2, 0.25) is 0 Å². The molecule has 1 aliphatic heterocycles. The number of ether oxygens (including phenoxy) is 1. The van der Waals surface area contributed by atoms with Gasteiger partial charge in [-0.2, -0.15) is 12.7 Å². The van der Waals surface area contributed by atoms with Gasteiger partial charge in [-0.05, 0) is 5.92 Å². The van der Waals surface area contributed by atoms with Crippen LogP contribution in [0.5, 0.6) is 0 Å². The first-order valence-corrected chi connectivity index (χ1v) is 7.34. The van der Waals surface area contributed by atoms with Crippen LogP contribution in [0, 0.1) is 11.8 Å². The molecule has 0 aromatic heterocycles. The molecule has 0 saturated carbocycles. The highest BCUT2D eigenvalue weighted by Crippen LogP contribution is 2.11. The van der Waals surface area contributed by atoms with Crippen LogP contribution in [0.15, 0.2) is 0 Å². The molecule has 0 aliphatic carbocycles. The Morgan fingerprint density at radius 1 is 1.39 bits per heavy atom. The van der Waals surface area contributed by atoms with Crippen LogP contribution in [-0.4, -0.2) is 56.6 Å². The van der Waals surface area contributed by atoms with E-state index < -0.39 is 22.1 Å². The fourth-order valence-electron chi connectivity index (χ4n) is 1.68. The van der Waals surface area contributed by atoms with Crippen LogP contribution in [0.3, 0.4) is 0 Å². The first kappa shape index (κ1) is 15.4. The molecule has 1 unspecified atom stereocenters. The van der Waals surface area contributed by atoms with E-state index in [9.17, 15) is 13.2 Å². The molecule has 1 rings (SSSR count). The largest absolute Gasteiger partial charge is 0.481 e. The van der Waals surface area contributed by atoms with Crippen molar-refractivity contribution in [3.63, 3.8) is 0 Å². The zero-order chi connectivity index (χ0) is 13.8. The number of carboxylic acids is 1. The number of hydrogen-bond donors (Lipinski definition) is 2. The second kappa shape index (κ2) is 6.46. The number of rotatable bonds is 6. The van der Waals surface area contributed by atoms with E-state index >= 15 is 0 Å². The molecule has 0 radical (unpaired) electrons. The van der Waals surface area contributed by atoms with E-state index in [1.54, 1.807) is 13.8 Å². The van der Waals surface area contributed by atoms with Crippen molar-refractivity contribution in [3.8, 4) is 0 Å². The van der Waals surface area contributed by atoms with E-state index in [2.05, 4.69) is 4.72 Å². The van der Waals surface area contributed by atoms with E-state index in [1.807, 2.05) is 0 Å². The molecule has 8 heteroatoms. The van der Waals surface area contributed by atoms with Gasteiger partial charge in [0.1, 0.15) is 0 Å². The van der Waals surface area contributed by atoms with Gasteiger partial charge in [-0.1, -0.05) is 13.8 Å². The zero-order valence-corrected chi connectivity index (χ0v) is 11.4. The minimum atomic E-state index is -3.61. The summed E-state index contributed by atoms with van der Waals surface area (Å²) in [6, 6.07) is 0. The topological polar surface area (TPSA) is 95.9 Å². The molecule has 0 aromatic rings. The van der Waals surface area contributed by atoms with Crippen molar-refractivity contribution in [3.05, 3.63) is 0 Å². The van der Waals surface area contributed by atoms with Gasteiger partial charge in [-0.3, -0.25) is 4.79 Å². The summed E-state index contributed by atoms with van der Waals surface area (Å²) >= 11 is 0. The molecule has 2 N–H and O–H groups in total. The summed E-state index contributed by atoms with van der Waals surface area (Å²) in [5.41, 5.74) is 0. The van der Waals surface area contributed by atoms with Crippen molar-refractivity contribution in [1.29, 1.82) is 0 Å². The smallest absolute Gasteiger partial charge is 0.308 e. The predicted molar refractivity (Wildman–Crippen MR) is 65.3 cm³/mol. The number of hydrogen-bond acceptors (Lipinski definition) is 4. The fraction of sp³-hybridized carbons (Fsp3) is 0.900. The molecular weight excluding hydrogens is 260 g/mol. The average Bonchev–Trinajstić information content (AvgIpc) is 2.29. The summed E-state index contributed by atoms with van der Waals surface area (Å²) in [6.45, 7) is 4.75. The molecule has 106 valence electrons. The lowest BCUT2D eigenvalue weighted by Crippen LogP contribution is -2.48. The minimum Gasteiger partial charge on any atom is -0.481 e. The second-order valence-electron chi connectivity index (χ2n) is 4.55. The normalized spacial score (nSPS) is 19.9. The Kier molecular flexibility index (Phi) is 5.51. The summed E-state index contributed by atoms with van der Waals surface area (Å²) in [5, 5.41) is 8.98. The third kappa shape index (κ3) is 4.20. The molecule has 1 fully saturated rings. The van der Waals surface area contributed by atoms with Crippen LogP contribution in [-0.2, 0) is 19.7 Å². The lowest BCUT2D eigenvalue weighted by molar-refractivity contribution is -0.142. The Hall–Kier alpha value is -0.700. The number of carboxylic acid groups (broad SMARTS) is 1. The zero-order valence-electron chi connectivity index (χ0n) is 10.6. The third-order valence-electron chi connectivity index (χ3n) is 2.92. The van der Waals surface area contributed by atoms with Gasteiger partial charge in [-0.15, -0.1) is 0 Å². The van der Waals surface area contributed by atoms with E-state index in [0.717, 1.165) is 0 Å². The molecule has 18 heavy (non-hydrogen) atoms. The Balaban J connectivity index is 2.57. The quantitative estimate of drug-likeness (QED) is 0.684. The van der Waals surface area contributed by atoms with Crippen LogP contribution in [0.25, 0.3) is 0 Å². The van der Waals surface area contributed by atoms with Gasteiger partial charge < -0.3 is 9.84 Å². The van der Waals surface area contributed by atoms with Crippen LogP contribution in [0.4, 0.5) is 0 Å². The van der Waals surface area contributed by atoms with Gasteiger partial charge in [0.15, 0.2) is 0 Å². The Bertz CT molecular complexity index is 376. The predicted octanol–water partition coefficient (Wildman–Crippen LogP) is -0.490. The molecular formula is C10H20N2O5S. The number of carbonyl (C=O) groups is 1. The van der Waals surface area contributed by atoms with E-state index in [-0.39, 0.29) is 12.5 Å². The van der Waals surface area contributed by atoms with Crippen molar-refractivity contribution in [2.45, 2.75) is 13.8 Å². The molecule has 0 aromatic carbocycles. The molecule has 1 heterocycles.